The van der Waals surface area contributed by atoms with E-state index in [2.05, 4.69) is 5.10 Å². The van der Waals surface area contributed by atoms with Crippen molar-refractivity contribution in [3.63, 3.8) is 0 Å². The molecule has 1 aromatic heterocycles. The zero-order chi connectivity index (χ0) is 17.9. The van der Waals surface area contributed by atoms with E-state index in [1.807, 2.05) is 6.92 Å². The Balaban J connectivity index is 2.14. The van der Waals surface area contributed by atoms with Crippen LogP contribution in [0, 0.1) is 13.8 Å². The summed E-state index contributed by atoms with van der Waals surface area (Å²) in [6.07, 6.45) is 0.607. The second kappa shape index (κ2) is 7.62. The van der Waals surface area contributed by atoms with E-state index in [-0.39, 0.29) is 24.0 Å². The minimum atomic E-state index is -3.61. The number of aryl methyl sites for hydroxylation is 2. The maximum absolute atomic E-state index is 13.0. The van der Waals surface area contributed by atoms with Crippen molar-refractivity contribution in [2.24, 2.45) is 7.05 Å². The van der Waals surface area contributed by atoms with Gasteiger partial charge in [-0.1, -0.05) is 0 Å². The molecule has 0 radical (unpaired) electrons. The summed E-state index contributed by atoms with van der Waals surface area (Å²) < 4.78 is 34.2. The minimum absolute atomic E-state index is 0.0457. The Morgan fingerprint density at radius 2 is 1.92 bits per heavy atom. The molecule has 0 spiro atoms. The SMILES string of the molecule is CCOCC(=O)N1CCCN(S(=O)(=O)c2c(C)nn(C)c2C)CC1. The molecular weight excluding hydrogens is 332 g/mol. The van der Waals surface area contributed by atoms with E-state index in [0.717, 1.165) is 0 Å². The maximum atomic E-state index is 13.0. The number of sulfonamides is 1. The average molecular weight is 358 g/mol. The van der Waals surface area contributed by atoms with Crippen LogP contribution in [0.15, 0.2) is 4.90 Å². The highest BCUT2D eigenvalue weighted by molar-refractivity contribution is 7.89. The normalized spacial score (nSPS) is 17.1. The van der Waals surface area contributed by atoms with Gasteiger partial charge in [0.25, 0.3) is 0 Å². The summed E-state index contributed by atoms with van der Waals surface area (Å²) in [5.41, 5.74) is 1.13. The summed E-state index contributed by atoms with van der Waals surface area (Å²) in [5, 5.41) is 4.20. The number of hydrogen-bond donors (Lipinski definition) is 0. The number of rotatable bonds is 5. The second-order valence-corrected chi connectivity index (χ2v) is 7.77. The number of hydrogen-bond acceptors (Lipinski definition) is 5. The molecule has 0 atom stereocenters. The van der Waals surface area contributed by atoms with Gasteiger partial charge in [0, 0.05) is 39.8 Å². The van der Waals surface area contributed by atoms with Crippen LogP contribution in [-0.4, -0.2) is 72.7 Å². The van der Waals surface area contributed by atoms with Crippen LogP contribution < -0.4 is 0 Å². The maximum Gasteiger partial charge on any atom is 0.248 e. The fraction of sp³-hybridized carbons (Fsp3) is 0.733. The third-order valence-corrected chi connectivity index (χ3v) is 6.43. The third kappa shape index (κ3) is 3.79. The Bertz CT molecular complexity index is 699. The second-order valence-electron chi connectivity index (χ2n) is 5.90. The van der Waals surface area contributed by atoms with E-state index >= 15 is 0 Å². The molecule has 2 rings (SSSR count). The van der Waals surface area contributed by atoms with Gasteiger partial charge >= 0.3 is 0 Å². The molecule has 136 valence electrons. The summed E-state index contributed by atoms with van der Waals surface area (Å²) in [6, 6.07) is 0. The Morgan fingerprint density at radius 1 is 1.21 bits per heavy atom. The van der Waals surface area contributed by atoms with Gasteiger partial charge in [-0.3, -0.25) is 9.48 Å². The summed E-state index contributed by atoms with van der Waals surface area (Å²) >= 11 is 0. The summed E-state index contributed by atoms with van der Waals surface area (Å²) in [6.45, 7) is 7.43. The highest BCUT2D eigenvalue weighted by Crippen LogP contribution is 2.24. The fourth-order valence-electron chi connectivity index (χ4n) is 2.92. The van der Waals surface area contributed by atoms with Crippen molar-refractivity contribution in [3.8, 4) is 0 Å². The van der Waals surface area contributed by atoms with Gasteiger partial charge in [0.15, 0.2) is 0 Å². The quantitative estimate of drug-likeness (QED) is 0.756. The van der Waals surface area contributed by atoms with Crippen molar-refractivity contribution in [1.82, 2.24) is 19.0 Å². The van der Waals surface area contributed by atoms with Gasteiger partial charge in [0.2, 0.25) is 15.9 Å². The average Bonchev–Trinajstić information content (AvgIpc) is 2.72. The van der Waals surface area contributed by atoms with E-state index in [9.17, 15) is 13.2 Å². The van der Waals surface area contributed by atoms with Crippen molar-refractivity contribution in [1.29, 1.82) is 0 Å². The van der Waals surface area contributed by atoms with Crippen LogP contribution in [0.2, 0.25) is 0 Å². The van der Waals surface area contributed by atoms with Crippen molar-refractivity contribution in [3.05, 3.63) is 11.4 Å². The van der Waals surface area contributed by atoms with Crippen LogP contribution in [0.1, 0.15) is 24.7 Å². The Hall–Kier alpha value is -1.45. The lowest BCUT2D eigenvalue weighted by atomic mass is 10.4. The number of amides is 1. The molecule has 8 nitrogen and oxygen atoms in total. The Kier molecular flexibility index (Phi) is 6.00. The molecule has 0 aromatic carbocycles. The topological polar surface area (TPSA) is 84.7 Å². The molecule has 9 heteroatoms. The van der Waals surface area contributed by atoms with Crippen molar-refractivity contribution >= 4 is 15.9 Å². The Morgan fingerprint density at radius 3 is 2.50 bits per heavy atom. The van der Waals surface area contributed by atoms with E-state index in [4.69, 9.17) is 4.74 Å². The predicted molar refractivity (Wildman–Crippen MR) is 89.1 cm³/mol. The van der Waals surface area contributed by atoms with Crippen LogP contribution in [-0.2, 0) is 26.6 Å². The lowest BCUT2D eigenvalue weighted by molar-refractivity contribution is -0.135. The standard InChI is InChI=1S/C15H26N4O4S/c1-5-23-11-14(20)18-7-6-8-19(10-9-18)24(21,22)15-12(2)16-17(4)13(15)3/h5-11H2,1-4H3. The molecule has 1 amide bonds. The first kappa shape index (κ1) is 18.9. The van der Waals surface area contributed by atoms with E-state index in [0.29, 0.717) is 44.0 Å². The van der Waals surface area contributed by atoms with Crippen LogP contribution in [0.4, 0.5) is 0 Å². The number of aromatic nitrogens is 2. The van der Waals surface area contributed by atoms with E-state index in [1.165, 1.54) is 4.31 Å². The monoisotopic (exact) mass is 358 g/mol. The van der Waals surface area contributed by atoms with Gasteiger partial charge < -0.3 is 9.64 Å². The first-order valence-corrected chi connectivity index (χ1v) is 9.59. The summed E-state index contributed by atoms with van der Waals surface area (Å²) in [7, 11) is -1.88. The van der Waals surface area contributed by atoms with Gasteiger partial charge in [0.1, 0.15) is 11.5 Å². The largest absolute Gasteiger partial charge is 0.372 e. The third-order valence-electron chi connectivity index (χ3n) is 4.28. The predicted octanol–water partition coefficient (Wildman–Crippen LogP) is 0.296. The highest BCUT2D eigenvalue weighted by Gasteiger charge is 2.32. The molecule has 0 saturated carbocycles. The molecule has 1 fully saturated rings. The number of carbonyl (C=O) groups is 1. The molecule has 24 heavy (non-hydrogen) atoms. The van der Waals surface area contributed by atoms with Crippen LogP contribution in [0.5, 0.6) is 0 Å². The van der Waals surface area contributed by atoms with E-state index < -0.39 is 10.0 Å². The Labute approximate surface area is 143 Å². The molecular formula is C15H26N4O4S. The molecule has 1 saturated heterocycles. The van der Waals surface area contributed by atoms with Crippen molar-refractivity contribution in [2.45, 2.75) is 32.1 Å². The lowest BCUT2D eigenvalue weighted by Crippen LogP contribution is -2.39. The van der Waals surface area contributed by atoms with Crippen molar-refractivity contribution in [2.75, 3.05) is 39.4 Å². The molecule has 1 aliphatic heterocycles. The van der Waals surface area contributed by atoms with Gasteiger partial charge in [-0.2, -0.15) is 9.40 Å². The molecule has 1 aliphatic rings. The van der Waals surface area contributed by atoms with Crippen LogP contribution >= 0.6 is 0 Å². The fourth-order valence-corrected chi connectivity index (χ4v) is 4.79. The number of carbonyl (C=O) groups excluding carboxylic acids is 1. The highest BCUT2D eigenvalue weighted by atomic mass is 32.2. The molecule has 0 N–H and O–H groups in total. The molecule has 0 bridgehead atoms. The molecule has 2 heterocycles. The number of nitrogens with zero attached hydrogens (tertiary/aromatic N) is 4. The molecule has 1 aromatic rings. The van der Waals surface area contributed by atoms with Gasteiger partial charge in [-0.05, 0) is 27.2 Å². The van der Waals surface area contributed by atoms with Crippen LogP contribution in [0.25, 0.3) is 0 Å². The number of ether oxygens (including phenoxy) is 1. The minimum Gasteiger partial charge on any atom is -0.372 e. The molecule has 0 unspecified atom stereocenters. The zero-order valence-corrected chi connectivity index (χ0v) is 15.6. The van der Waals surface area contributed by atoms with Crippen molar-refractivity contribution < 1.29 is 17.9 Å². The first-order valence-electron chi connectivity index (χ1n) is 8.15. The van der Waals surface area contributed by atoms with E-state index in [1.54, 1.807) is 30.5 Å². The summed E-state index contributed by atoms with van der Waals surface area (Å²) in [4.78, 5) is 14.0. The lowest BCUT2D eigenvalue weighted by Gasteiger charge is -2.22. The summed E-state index contributed by atoms with van der Waals surface area (Å²) in [5.74, 6) is -0.0927. The van der Waals surface area contributed by atoms with Gasteiger partial charge in [-0.15, -0.1) is 0 Å². The zero-order valence-electron chi connectivity index (χ0n) is 14.8. The first-order chi connectivity index (χ1) is 11.3. The van der Waals surface area contributed by atoms with Crippen LogP contribution in [0.3, 0.4) is 0 Å². The smallest absolute Gasteiger partial charge is 0.248 e. The van der Waals surface area contributed by atoms with Gasteiger partial charge in [-0.25, -0.2) is 8.42 Å². The van der Waals surface area contributed by atoms with Gasteiger partial charge in [0.05, 0.1) is 11.4 Å². The molecule has 0 aliphatic carbocycles.